The van der Waals surface area contributed by atoms with Gasteiger partial charge in [-0.3, -0.25) is 4.79 Å². The van der Waals surface area contributed by atoms with E-state index in [1.54, 1.807) is 20.8 Å². The number of Topliss-reactive ketones (excluding diaryl/α,β-unsaturated/α-hetero) is 1. The van der Waals surface area contributed by atoms with Gasteiger partial charge in [0, 0.05) is 12.0 Å². The topological polar surface area (TPSA) is 117 Å². The third-order valence-corrected chi connectivity index (χ3v) is 7.82. The van der Waals surface area contributed by atoms with Gasteiger partial charge in [0.25, 0.3) is 0 Å². The van der Waals surface area contributed by atoms with Crippen molar-refractivity contribution in [3.63, 3.8) is 0 Å². The van der Waals surface area contributed by atoms with Crippen molar-refractivity contribution in [1.29, 1.82) is 0 Å². The molecule has 3 N–H and O–H groups in total. The van der Waals surface area contributed by atoms with E-state index in [0.717, 1.165) is 30.4 Å². The number of rotatable bonds is 0. The normalized spacial score (nSPS) is 40.8. The van der Waals surface area contributed by atoms with Gasteiger partial charge >= 0.3 is 5.97 Å². The molecule has 0 amide bonds. The molecule has 2 aliphatic heterocycles. The van der Waals surface area contributed by atoms with Crippen LogP contribution in [0.3, 0.4) is 0 Å². The minimum atomic E-state index is -1.62. The van der Waals surface area contributed by atoms with Crippen LogP contribution in [-0.2, 0) is 19.1 Å². The first-order chi connectivity index (χ1) is 18.3. The second-order valence-corrected chi connectivity index (χ2v) is 11.9. The van der Waals surface area contributed by atoms with Crippen LogP contribution in [0, 0.1) is 17.8 Å². The van der Waals surface area contributed by atoms with E-state index in [1.807, 2.05) is 19.9 Å². The number of fused-ring (bicyclic) bond motifs is 1. The van der Waals surface area contributed by atoms with Crippen LogP contribution in [0.4, 0.5) is 0 Å². The summed E-state index contributed by atoms with van der Waals surface area (Å²) < 4.78 is 11.3. The van der Waals surface area contributed by atoms with Crippen molar-refractivity contribution in [2.24, 2.45) is 17.8 Å². The van der Waals surface area contributed by atoms with Crippen LogP contribution in [0.2, 0.25) is 0 Å². The number of ether oxygens (including phenoxy) is 2. The van der Waals surface area contributed by atoms with Crippen molar-refractivity contribution in [3.8, 4) is 0 Å². The summed E-state index contributed by atoms with van der Waals surface area (Å²) in [5, 5.41) is 31.6. The number of allylic oxidation sites excluding steroid dienone is 5. The third kappa shape index (κ3) is 11.5. The molecule has 0 radical (unpaired) electrons. The Morgan fingerprint density at radius 3 is 2.33 bits per heavy atom. The molecule has 0 aromatic heterocycles. The Morgan fingerprint density at radius 2 is 1.64 bits per heavy atom. The molecule has 2 rings (SSSR count). The van der Waals surface area contributed by atoms with Gasteiger partial charge in [0.2, 0.25) is 0 Å². The number of aliphatic hydroxyl groups is 3. The Labute approximate surface area is 234 Å². The molecule has 39 heavy (non-hydrogen) atoms. The van der Waals surface area contributed by atoms with E-state index in [2.05, 4.69) is 31.7 Å². The van der Waals surface area contributed by atoms with E-state index >= 15 is 0 Å². The van der Waals surface area contributed by atoms with Gasteiger partial charge in [0.15, 0.2) is 5.78 Å². The molecule has 0 spiro atoms. The number of cyclic esters (lactones) is 1. The molecule has 1 fully saturated rings. The molecule has 7 nitrogen and oxygen atoms in total. The molecular formula is C32H50O7. The number of hydrogen-bond acceptors (Lipinski definition) is 7. The molecule has 1 saturated heterocycles. The minimum Gasteiger partial charge on any atom is -0.459 e. The molecule has 0 saturated carbocycles. The van der Waals surface area contributed by atoms with Gasteiger partial charge in [-0.2, -0.15) is 0 Å². The van der Waals surface area contributed by atoms with Crippen LogP contribution in [0.5, 0.6) is 0 Å². The largest absolute Gasteiger partial charge is 0.459 e. The van der Waals surface area contributed by atoms with Gasteiger partial charge in [-0.05, 0) is 77.0 Å². The summed E-state index contributed by atoms with van der Waals surface area (Å²) in [6.45, 7) is 15.5. The number of carbonyl (C=O) groups is 2. The molecule has 0 aromatic rings. The maximum absolute atomic E-state index is 12.6. The van der Waals surface area contributed by atoms with Crippen molar-refractivity contribution in [2.75, 3.05) is 0 Å². The lowest BCUT2D eigenvalue weighted by Crippen LogP contribution is -2.40. The molecule has 2 aliphatic rings. The van der Waals surface area contributed by atoms with E-state index in [-0.39, 0.29) is 31.0 Å². The fourth-order valence-electron chi connectivity index (χ4n) is 5.19. The highest BCUT2D eigenvalue weighted by molar-refractivity contribution is 5.87. The van der Waals surface area contributed by atoms with Crippen molar-refractivity contribution in [3.05, 3.63) is 47.6 Å². The fourth-order valence-corrected chi connectivity index (χ4v) is 5.19. The Bertz CT molecular complexity index is 933. The quantitative estimate of drug-likeness (QED) is 0.223. The van der Waals surface area contributed by atoms with Crippen LogP contribution < -0.4 is 0 Å². The fraction of sp³-hybridized carbons (Fsp3) is 0.688. The van der Waals surface area contributed by atoms with Gasteiger partial charge in [-0.1, -0.05) is 62.8 Å². The summed E-state index contributed by atoms with van der Waals surface area (Å²) in [4.78, 5) is 25.1. The number of aliphatic hydroxyl groups excluding tert-OH is 3. The van der Waals surface area contributed by atoms with Crippen molar-refractivity contribution < 1.29 is 34.4 Å². The van der Waals surface area contributed by atoms with E-state index in [1.165, 1.54) is 0 Å². The summed E-state index contributed by atoms with van der Waals surface area (Å²) in [5.74, 6) is -1.09. The first kappa shape index (κ1) is 33.1. The summed E-state index contributed by atoms with van der Waals surface area (Å²) in [7, 11) is 0. The van der Waals surface area contributed by atoms with Gasteiger partial charge in [-0.15, -0.1) is 0 Å². The molecule has 9 atom stereocenters. The second kappa shape index (κ2) is 15.7. The highest BCUT2D eigenvalue weighted by Gasteiger charge is 2.37. The zero-order valence-electron chi connectivity index (χ0n) is 24.6. The molecule has 2 heterocycles. The number of ketones is 1. The highest BCUT2D eigenvalue weighted by atomic mass is 16.6. The van der Waals surface area contributed by atoms with Crippen LogP contribution in [0.1, 0.15) is 86.5 Å². The predicted octanol–water partition coefficient (Wildman–Crippen LogP) is 4.99. The summed E-state index contributed by atoms with van der Waals surface area (Å²) in [6, 6.07) is 0. The van der Waals surface area contributed by atoms with E-state index in [0.29, 0.717) is 24.3 Å². The maximum Gasteiger partial charge on any atom is 0.333 e. The van der Waals surface area contributed by atoms with E-state index < -0.39 is 42.1 Å². The van der Waals surface area contributed by atoms with Gasteiger partial charge < -0.3 is 24.8 Å². The average Bonchev–Trinajstić information content (AvgIpc) is 3.58. The van der Waals surface area contributed by atoms with Crippen molar-refractivity contribution >= 4 is 11.8 Å². The predicted molar refractivity (Wildman–Crippen MR) is 153 cm³/mol. The molecule has 0 bridgehead atoms. The Balaban J connectivity index is 2.10. The standard InChI is InChI=1S/C32H50O7/c1-19-13-20(2)15-29-28(39-29)12-10-8-9-11-21(3)32(37)38-25(7)16-24(6)30(35)31(36)27(34)18-26(33)17-23(5)22(4)14-19/h10-12,14,20,23-26,28-31,33,35-36H,1,8-9,13,15-18H2,2-7H3/b12-10+,21-11+,22-14+/t20-,23+,24-,25+,26+,28+,29+,30+,31+/m1/s1. The Kier molecular flexibility index (Phi) is 13.3. The second-order valence-electron chi connectivity index (χ2n) is 11.9. The van der Waals surface area contributed by atoms with E-state index in [4.69, 9.17) is 9.47 Å². The first-order valence-corrected chi connectivity index (χ1v) is 14.4. The number of esters is 1. The lowest BCUT2D eigenvalue weighted by atomic mass is 9.88. The number of carbonyl (C=O) groups excluding carboxylic acids is 2. The molecule has 0 aromatic carbocycles. The van der Waals surface area contributed by atoms with Gasteiger partial charge in [-0.25, -0.2) is 4.79 Å². The number of epoxide rings is 1. The zero-order chi connectivity index (χ0) is 29.3. The first-order valence-electron chi connectivity index (χ1n) is 14.4. The Morgan fingerprint density at radius 1 is 0.949 bits per heavy atom. The molecule has 7 heteroatoms. The van der Waals surface area contributed by atoms with Crippen molar-refractivity contribution in [2.45, 2.75) is 123 Å². The smallest absolute Gasteiger partial charge is 0.333 e. The Hall–Kier alpha value is -2.06. The molecule has 220 valence electrons. The van der Waals surface area contributed by atoms with Crippen LogP contribution in [-0.4, -0.2) is 63.7 Å². The molecular weight excluding hydrogens is 496 g/mol. The van der Waals surface area contributed by atoms with Crippen LogP contribution in [0.25, 0.3) is 0 Å². The third-order valence-electron chi connectivity index (χ3n) is 7.82. The monoisotopic (exact) mass is 546 g/mol. The highest BCUT2D eigenvalue weighted by Crippen LogP contribution is 2.32. The minimum absolute atomic E-state index is 0.0220. The van der Waals surface area contributed by atoms with Crippen LogP contribution in [0.15, 0.2) is 47.6 Å². The van der Waals surface area contributed by atoms with Crippen LogP contribution >= 0.6 is 0 Å². The summed E-state index contributed by atoms with van der Waals surface area (Å²) in [6.07, 6.45) is 7.79. The lowest BCUT2D eigenvalue weighted by Gasteiger charge is -2.26. The van der Waals surface area contributed by atoms with Gasteiger partial charge in [0.05, 0.1) is 24.4 Å². The SMILES string of the molecule is C=C1/C=C(\C)[C@@H](C)C[C@H](O)CC(=O)[C@H](O)[C@@H](O)[C@H](C)C[C@H](C)OC(=O)/C(C)=C/CC/C=C/[C@@H]2O[C@H]2C[C@H](C)C1. The van der Waals surface area contributed by atoms with Crippen molar-refractivity contribution in [1.82, 2.24) is 0 Å². The van der Waals surface area contributed by atoms with Gasteiger partial charge in [0.1, 0.15) is 12.2 Å². The number of hydrogen-bond donors (Lipinski definition) is 3. The summed E-state index contributed by atoms with van der Waals surface area (Å²) >= 11 is 0. The molecule has 0 aliphatic carbocycles. The zero-order valence-corrected chi connectivity index (χ0v) is 24.6. The summed E-state index contributed by atoms with van der Waals surface area (Å²) in [5.41, 5.74) is 2.61. The average molecular weight is 547 g/mol. The molecule has 0 unspecified atom stereocenters. The maximum atomic E-state index is 12.6. The lowest BCUT2D eigenvalue weighted by molar-refractivity contribution is -0.146. The van der Waals surface area contributed by atoms with E-state index in [9.17, 15) is 24.9 Å².